The van der Waals surface area contributed by atoms with Crippen LogP contribution in [0.25, 0.3) is 6.08 Å². The molecule has 0 aromatic heterocycles. The zero-order chi connectivity index (χ0) is 27.4. The van der Waals surface area contributed by atoms with Crippen LogP contribution >= 0.6 is 0 Å². The minimum atomic E-state index is -0.941. The summed E-state index contributed by atoms with van der Waals surface area (Å²) >= 11 is 0. The van der Waals surface area contributed by atoms with Gasteiger partial charge in [-0.25, -0.2) is 8.78 Å². The van der Waals surface area contributed by atoms with Gasteiger partial charge in [-0.2, -0.15) is 5.26 Å². The van der Waals surface area contributed by atoms with E-state index in [0.29, 0.717) is 29.4 Å². The maximum atomic E-state index is 14.0. The van der Waals surface area contributed by atoms with Crippen molar-refractivity contribution in [3.63, 3.8) is 0 Å². The fourth-order valence-corrected chi connectivity index (χ4v) is 8.29. The fraction of sp³-hybridized carbons (Fsp3) is 0.516. The predicted molar refractivity (Wildman–Crippen MR) is 139 cm³/mol. The van der Waals surface area contributed by atoms with Crippen molar-refractivity contribution in [3.8, 4) is 6.07 Å². The summed E-state index contributed by atoms with van der Waals surface area (Å²) in [6.07, 6.45) is 9.88. The zero-order valence-electron chi connectivity index (χ0n) is 22.2. The molecule has 1 amide bonds. The minimum Gasteiger partial charge on any atom is -0.462 e. The summed E-state index contributed by atoms with van der Waals surface area (Å²) in [4.78, 5) is 24.0. The smallest absolute Gasteiger partial charge is 0.302 e. The summed E-state index contributed by atoms with van der Waals surface area (Å²) in [5, 5.41) is 9.95. The quantitative estimate of drug-likeness (QED) is 0.224. The third-order valence-electron chi connectivity index (χ3n) is 10.0. The van der Waals surface area contributed by atoms with Gasteiger partial charge in [0.15, 0.2) is 11.6 Å². The number of nitrogens with two attached hydrogens (primary N) is 1. The molecule has 4 aliphatic rings. The molecule has 0 heterocycles. The van der Waals surface area contributed by atoms with Crippen LogP contribution in [0.3, 0.4) is 0 Å². The van der Waals surface area contributed by atoms with Crippen LogP contribution in [-0.4, -0.2) is 18.0 Å². The number of esters is 1. The Kier molecular flexibility index (Phi) is 6.57. The van der Waals surface area contributed by atoms with Gasteiger partial charge in [0.05, 0.1) is 0 Å². The number of allylic oxidation sites excluding steroid dienone is 3. The normalized spacial score (nSPS) is 36.3. The van der Waals surface area contributed by atoms with Crippen molar-refractivity contribution in [2.45, 2.75) is 71.8 Å². The van der Waals surface area contributed by atoms with Crippen LogP contribution in [0.1, 0.15) is 71.3 Å². The first-order chi connectivity index (χ1) is 18.0. The van der Waals surface area contributed by atoms with Gasteiger partial charge in [0.25, 0.3) is 5.91 Å². The summed E-state index contributed by atoms with van der Waals surface area (Å²) in [5.41, 5.74) is 8.57. The molecule has 1 aromatic carbocycles. The molecule has 4 aliphatic carbocycles. The van der Waals surface area contributed by atoms with E-state index in [9.17, 15) is 23.6 Å². The predicted octanol–water partition coefficient (Wildman–Crippen LogP) is 6.16. The van der Waals surface area contributed by atoms with Crippen LogP contribution in [0, 0.1) is 51.5 Å². The van der Waals surface area contributed by atoms with E-state index in [2.05, 4.69) is 26.0 Å². The number of primary amides is 1. The highest BCUT2D eigenvalue weighted by Crippen LogP contribution is 2.67. The molecule has 0 radical (unpaired) electrons. The number of halogens is 2. The Morgan fingerprint density at radius 2 is 1.84 bits per heavy atom. The Hall–Kier alpha value is -3.27. The van der Waals surface area contributed by atoms with Crippen LogP contribution in [0.15, 0.2) is 46.6 Å². The van der Waals surface area contributed by atoms with Crippen molar-refractivity contribution >= 4 is 18.0 Å². The molecule has 5 nitrogen and oxygen atoms in total. The van der Waals surface area contributed by atoms with Gasteiger partial charge >= 0.3 is 5.97 Å². The molecule has 0 unspecified atom stereocenters. The third kappa shape index (κ3) is 4.19. The number of rotatable bonds is 3. The van der Waals surface area contributed by atoms with E-state index >= 15 is 0 Å². The number of nitrogens with zero attached hydrogens (tertiary/aromatic N) is 1. The molecule has 0 bridgehead atoms. The topological polar surface area (TPSA) is 93.2 Å². The van der Waals surface area contributed by atoms with Crippen molar-refractivity contribution < 1.29 is 23.1 Å². The van der Waals surface area contributed by atoms with Gasteiger partial charge in [-0.3, -0.25) is 9.59 Å². The van der Waals surface area contributed by atoms with E-state index in [0.717, 1.165) is 56.2 Å². The van der Waals surface area contributed by atoms with Gasteiger partial charge in [-0.1, -0.05) is 37.6 Å². The van der Waals surface area contributed by atoms with Crippen LogP contribution in [-0.2, 0) is 14.3 Å². The number of ether oxygens (including phenoxy) is 1. The van der Waals surface area contributed by atoms with E-state index < -0.39 is 23.0 Å². The molecule has 1 aromatic rings. The van der Waals surface area contributed by atoms with Gasteiger partial charge in [0.2, 0.25) is 0 Å². The summed E-state index contributed by atoms with van der Waals surface area (Å²) in [6.45, 7) is 5.93. The number of fused-ring (bicyclic) bond motifs is 5. The number of carbonyl (C=O) groups is 2. The van der Waals surface area contributed by atoms with Crippen LogP contribution in [0.2, 0.25) is 0 Å². The first kappa shape index (κ1) is 26.3. The third-order valence-corrected chi connectivity index (χ3v) is 10.0. The Morgan fingerprint density at radius 3 is 2.50 bits per heavy atom. The monoisotopic (exact) mass is 520 g/mol. The average molecular weight is 521 g/mol. The van der Waals surface area contributed by atoms with Gasteiger partial charge in [0.1, 0.15) is 17.7 Å². The second kappa shape index (κ2) is 9.48. The number of nitriles is 1. The molecule has 200 valence electrons. The Morgan fingerprint density at radius 1 is 1.11 bits per heavy atom. The molecule has 3 saturated carbocycles. The van der Waals surface area contributed by atoms with Gasteiger partial charge < -0.3 is 10.5 Å². The second-order valence-corrected chi connectivity index (χ2v) is 12.0. The Bertz CT molecular complexity index is 1340. The molecule has 0 aliphatic heterocycles. The van der Waals surface area contributed by atoms with Crippen LogP contribution in [0.5, 0.6) is 0 Å². The number of hydrogen-bond donors (Lipinski definition) is 1. The van der Waals surface area contributed by atoms with Gasteiger partial charge in [-0.05, 0) is 96.0 Å². The molecule has 0 spiro atoms. The van der Waals surface area contributed by atoms with Crippen LogP contribution < -0.4 is 5.73 Å². The lowest BCUT2D eigenvalue weighted by atomic mass is 9.47. The molecule has 7 heteroatoms. The number of benzene rings is 1. The van der Waals surface area contributed by atoms with E-state index in [1.165, 1.54) is 18.6 Å². The lowest BCUT2D eigenvalue weighted by Gasteiger charge is -2.57. The molecular weight excluding hydrogens is 486 g/mol. The lowest BCUT2D eigenvalue weighted by molar-refractivity contribution is -0.148. The maximum absolute atomic E-state index is 14.0. The Balaban J connectivity index is 1.56. The molecule has 3 fully saturated rings. The number of hydrogen-bond acceptors (Lipinski definition) is 4. The molecular formula is C31H34F2N2O3. The van der Waals surface area contributed by atoms with Gasteiger partial charge in [-0.15, -0.1) is 0 Å². The van der Waals surface area contributed by atoms with Crippen molar-refractivity contribution in [1.82, 2.24) is 0 Å². The van der Waals surface area contributed by atoms with Crippen molar-refractivity contribution in [3.05, 3.63) is 63.8 Å². The Labute approximate surface area is 222 Å². The lowest BCUT2D eigenvalue weighted by Crippen LogP contribution is -2.50. The first-order valence-electron chi connectivity index (χ1n) is 13.5. The summed E-state index contributed by atoms with van der Waals surface area (Å²) in [7, 11) is 0. The number of amides is 1. The summed E-state index contributed by atoms with van der Waals surface area (Å²) in [6, 6.07) is 5.79. The van der Waals surface area contributed by atoms with E-state index in [1.807, 2.05) is 0 Å². The fourth-order valence-electron chi connectivity index (χ4n) is 8.29. The SMILES string of the molecule is CC(=O)O[C@H]1CC[C@@]2(C)C(=CC[C@@H]3[C@@H]2CC[C@]2(C)C(=C(\C#N)C(N)=O)/C(=C/c4ccc(F)c(F)c4)C[C@@H]32)C1. The molecule has 5 rings (SSSR count). The first-order valence-corrected chi connectivity index (χ1v) is 13.5. The second-order valence-electron chi connectivity index (χ2n) is 12.0. The highest BCUT2D eigenvalue weighted by molar-refractivity contribution is 5.98. The molecule has 2 N–H and O–H groups in total. The highest BCUT2D eigenvalue weighted by Gasteiger charge is 2.59. The molecule has 6 atom stereocenters. The summed E-state index contributed by atoms with van der Waals surface area (Å²) in [5.74, 6) is -1.91. The largest absolute Gasteiger partial charge is 0.462 e. The maximum Gasteiger partial charge on any atom is 0.302 e. The van der Waals surface area contributed by atoms with E-state index in [-0.39, 0.29) is 29.0 Å². The molecule has 0 saturated heterocycles. The average Bonchev–Trinajstić information content (AvgIpc) is 3.13. The standard InChI is InChI=1S/C31H34F2N2O3/c1-17(36)38-21-8-10-30(2)20(15-21)5-6-22-24(30)9-11-31(3)25(22)14-19(28(31)23(16-34)29(35)37)12-18-4-7-26(32)27(33)13-18/h4-5,7,12-13,21-22,24-25H,6,8-11,14-15H2,1-3H3,(H2,35,37)/b19-12+,28-23+/t21-,22+,24-,25-,30-,31-/m0/s1. The minimum absolute atomic E-state index is 0.0130. The zero-order valence-corrected chi connectivity index (χ0v) is 22.2. The molecule has 38 heavy (non-hydrogen) atoms. The van der Waals surface area contributed by atoms with Crippen molar-refractivity contribution in [2.75, 3.05) is 0 Å². The van der Waals surface area contributed by atoms with Crippen molar-refractivity contribution in [2.24, 2.45) is 34.3 Å². The van der Waals surface area contributed by atoms with Crippen LogP contribution in [0.4, 0.5) is 8.78 Å². The van der Waals surface area contributed by atoms with Gasteiger partial charge in [0, 0.05) is 13.3 Å². The van der Waals surface area contributed by atoms with E-state index in [1.54, 1.807) is 6.08 Å². The van der Waals surface area contributed by atoms with E-state index in [4.69, 9.17) is 10.5 Å². The highest BCUT2D eigenvalue weighted by atomic mass is 19.2. The summed E-state index contributed by atoms with van der Waals surface area (Å²) < 4.78 is 33.2. The number of carbonyl (C=O) groups excluding carboxylic acids is 2. The van der Waals surface area contributed by atoms with Crippen molar-refractivity contribution in [1.29, 1.82) is 5.26 Å².